The third-order valence-electron chi connectivity index (χ3n) is 6.69. The van der Waals surface area contributed by atoms with E-state index in [1.54, 1.807) is 0 Å². The minimum Gasteiger partial charge on any atom is -0.350 e. The van der Waals surface area contributed by atoms with E-state index in [0.29, 0.717) is 19.4 Å². The first kappa shape index (κ1) is 20.8. The van der Waals surface area contributed by atoms with E-state index in [9.17, 15) is 14.4 Å². The van der Waals surface area contributed by atoms with Crippen LogP contribution in [0.25, 0.3) is 0 Å². The van der Waals surface area contributed by atoms with Gasteiger partial charge < -0.3 is 10.6 Å². The normalized spacial score (nSPS) is 21.7. The SMILES string of the molecule is O=C(CN1C(=O)NC2(CCCCC2)C1=O)NCc1ccccc1CN1CCCCC1. The zero-order chi connectivity index (χ0) is 21.0. The van der Waals surface area contributed by atoms with Gasteiger partial charge in [0, 0.05) is 13.1 Å². The molecular weight excluding hydrogens is 380 g/mol. The molecule has 1 spiro atoms. The van der Waals surface area contributed by atoms with Gasteiger partial charge in [-0.2, -0.15) is 0 Å². The summed E-state index contributed by atoms with van der Waals surface area (Å²) in [6.07, 6.45) is 8.07. The molecule has 7 heteroatoms. The number of carbonyl (C=O) groups excluding carboxylic acids is 3. The Morgan fingerprint density at radius 1 is 0.967 bits per heavy atom. The monoisotopic (exact) mass is 412 g/mol. The molecule has 4 rings (SSSR count). The van der Waals surface area contributed by atoms with Crippen LogP contribution in [0, 0.1) is 0 Å². The molecule has 2 aliphatic heterocycles. The van der Waals surface area contributed by atoms with Gasteiger partial charge in [0.25, 0.3) is 5.91 Å². The van der Waals surface area contributed by atoms with Crippen molar-refractivity contribution in [3.05, 3.63) is 35.4 Å². The molecule has 0 atom stereocenters. The molecule has 2 saturated heterocycles. The highest BCUT2D eigenvalue weighted by Gasteiger charge is 2.51. The average molecular weight is 413 g/mol. The van der Waals surface area contributed by atoms with Crippen molar-refractivity contribution in [2.75, 3.05) is 19.6 Å². The van der Waals surface area contributed by atoms with Crippen molar-refractivity contribution in [1.82, 2.24) is 20.4 Å². The molecule has 0 bridgehead atoms. The van der Waals surface area contributed by atoms with E-state index >= 15 is 0 Å². The molecule has 7 nitrogen and oxygen atoms in total. The highest BCUT2D eigenvalue weighted by molar-refractivity contribution is 6.09. The molecular formula is C23H32N4O3. The molecule has 3 aliphatic rings. The summed E-state index contributed by atoms with van der Waals surface area (Å²) >= 11 is 0. The van der Waals surface area contributed by atoms with Gasteiger partial charge in [-0.15, -0.1) is 0 Å². The lowest BCUT2D eigenvalue weighted by Gasteiger charge is -2.30. The molecule has 1 aromatic carbocycles. The van der Waals surface area contributed by atoms with E-state index in [1.807, 2.05) is 18.2 Å². The van der Waals surface area contributed by atoms with Gasteiger partial charge in [-0.3, -0.25) is 19.4 Å². The van der Waals surface area contributed by atoms with Crippen molar-refractivity contribution in [2.45, 2.75) is 70.0 Å². The minimum absolute atomic E-state index is 0.222. The van der Waals surface area contributed by atoms with Crippen LogP contribution in [0.15, 0.2) is 24.3 Å². The fraction of sp³-hybridized carbons (Fsp3) is 0.609. The molecule has 0 aromatic heterocycles. The van der Waals surface area contributed by atoms with Crippen molar-refractivity contribution < 1.29 is 14.4 Å². The maximum atomic E-state index is 12.8. The third-order valence-corrected chi connectivity index (χ3v) is 6.69. The highest BCUT2D eigenvalue weighted by Crippen LogP contribution is 2.33. The lowest BCUT2D eigenvalue weighted by Crippen LogP contribution is -2.49. The number of benzene rings is 1. The van der Waals surface area contributed by atoms with Crippen LogP contribution in [-0.2, 0) is 22.7 Å². The molecule has 2 heterocycles. The van der Waals surface area contributed by atoms with Crippen LogP contribution in [-0.4, -0.2) is 52.8 Å². The summed E-state index contributed by atoms with van der Waals surface area (Å²) < 4.78 is 0. The molecule has 1 saturated carbocycles. The van der Waals surface area contributed by atoms with Gasteiger partial charge in [0.2, 0.25) is 5.91 Å². The number of amides is 4. The maximum absolute atomic E-state index is 12.8. The van der Waals surface area contributed by atoms with Crippen LogP contribution >= 0.6 is 0 Å². The Kier molecular flexibility index (Phi) is 6.37. The number of imide groups is 1. The number of urea groups is 1. The first-order chi connectivity index (χ1) is 14.6. The van der Waals surface area contributed by atoms with Crippen LogP contribution in [0.3, 0.4) is 0 Å². The molecule has 4 amide bonds. The summed E-state index contributed by atoms with van der Waals surface area (Å²) in [4.78, 5) is 41.3. The van der Waals surface area contributed by atoms with Crippen LogP contribution in [0.5, 0.6) is 0 Å². The van der Waals surface area contributed by atoms with Gasteiger partial charge in [0.1, 0.15) is 12.1 Å². The predicted octanol–water partition coefficient (Wildman–Crippen LogP) is 2.54. The number of hydrogen-bond donors (Lipinski definition) is 2. The summed E-state index contributed by atoms with van der Waals surface area (Å²) in [6.45, 7) is 3.31. The fourth-order valence-electron chi connectivity index (χ4n) is 4.95. The molecule has 3 fully saturated rings. The van der Waals surface area contributed by atoms with Gasteiger partial charge >= 0.3 is 6.03 Å². The van der Waals surface area contributed by atoms with Gasteiger partial charge in [-0.05, 0) is 49.9 Å². The van der Waals surface area contributed by atoms with E-state index in [4.69, 9.17) is 0 Å². The van der Waals surface area contributed by atoms with Gasteiger partial charge in [0.05, 0.1) is 0 Å². The second-order valence-electron chi connectivity index (χ2n) is 8.85. The Morgan fingerprint density at radius 2 is 1.63 bits per heavy atom. The number of rotatable bonds is 6. The molecule has 1 aliphatic carbocycles. The van der Waals surface area contributed by atoms with Crippen LogP contribution in [0.1, 0.15) is 62.5 Å². The molecule has 2 N–H and O–H groups in total. The second kappa shape index (κ2) is 9.16. The molecule has 162 valence electrons. The van der Waals surface area contributed by atoms with Crippen molar-refractivity contribution in [3.63, 3.8) is 0 Å². The number of piperidine rings is 1. The predicted molar refractivity (Wildman–Crippen MR) is 113 cm³/mol. The maximum Gasteiger partial charge on any atom is 0.325 e. The summed E-state index contributed by atoms with van der Waals surface area (Å²) in [6, 6.07) is 7.71. The first-order valence-electron chi connectivity index (χ1n) is 11.3. The Labute approximate surface area is 178 Å². The van der Waals surface area contributed by atoms with Crippen molar-refractivity contribution >= 4 is 17.8 Å². The van der Waals surface area contributed by atoms with Crippen LogP contribution < -0.4 is 10.6 Å². The quantitative estimate of drug-likeness (QED) is 0.704. The first-order valence-corrected chi connectivity index (χ1v) is 11.3. The Balaban J connectivity index is 1.33. The van der Waals surface area contributed by atoms with Crippen molar-refractivity contribution in [3.8, 4) is 0 Å². The van der Waals surface area contributed by atoms with Crippen molar-refractivity contribution in [1.29, 1.82) is 0 Å². The highest BCUT2D eigenvalue weighted by atomic mass is 16.2. The summed E-state index contributed by atoms with van der Waals surface area (Å²) in [5.41, 5.74) is 1.52. The van der Waals surface area contributed by atoms with Gasteiger partial charge in [-0.25, -0.2) is 4.79 Å². The topological polar surface area (TPSA) is 81.8 Å². The number of nitrogens with one attached hydrogen (secondary N) is 2. The Morgan fingerprint density at radius 3 is 2.37 bits per heavy atom. The van der Waals surface area contributed by atoms with E-state index < -0.39 is 11.6 Å². The van der Waals surface area contributed by atoms with E-state index in [1.165, 1.54) is 24.8 Å². The largest absolute Gasteiger partial charge is 0.350 e. The lowest BCUT2D eigenvalue weighted by atomic mass is 9.82. The Hall–Kier alpha value is -2.41. The van der Waals surface area contributed by atoms with Crippen molar-refractivity contribution in [2.24, 2.45) is 0 Å². The standard InChI is InChI=1S/C23H32N4O3/c28-20(17-27-21(29)23(25-22(27)30)11-5-1-6-12-23)24-15-18-9-3-4-10-19(18)16-26-13-7-2-8-14-26/h3-4,9-10H,1-2,5-8,11-17H2,(H,24,28)(H,25,30). The smallest absolute Gasteiger partial charge is 0.325 e. The summed E-state index contributed by atoms with van der Waals surface area (Å²) in [7, 11) is 0. The molecule has 1 aromatic rings. The summed E-state index contributed by atoms with van der Waals surface area (Å²) in [5, 5.41) is 5.76. The van der Waals surface area contributed by atoms with Gasteiger partial charge in [-0.1, -0.05) is 49.9 Å². The minimum atomic E-state index is -0.781. The molecule has 0 radical (unpaired) electrons. The number of hydrogen-bond acceptors (Lipinski definition) is 4. The van der Waals surface area contributed by atoms with E-state index in [-0.39, 0.29) is 18.4 Å². The zero-order valence-corrected chi connectivity index (χ0v) is 17.6. The average Bonchev–Trinajstić information content (AvgIpc) is 2.98. The fourth-order valence-corrected chi connectivity index (χ4v) is 4.95. The third kappa shape index (κ3) is 4.51. The Bertz CT molecular complexity index is 797. The van der Waals surface area contributed by atoms with E-state index in [0.717, 1.165) is 49.4 Å². The summed E-state index contributed by atoms with van der Waals surface area (Å²) in [5.74, 6) is -0.549. The van der Waals surface area contributed by atoms with E-state index in [2.05, 4.69) is 21.6 Å². The number of carbonyl (C=O) groups is 3. The van der Waals surface area contributed by atoms with Crippen LogP contribution in [0.2, 0.25) is 0 Å². The lowest BCUT2D eigenvalue weighted by molar-refractivity contribution is -0.135. The number of nitrogens with zero attached hydrogens (tertiary/aromatic N) is 2. The second-order valence-corrected chi connectivity index (χ2v) is 8.85. The molecule has 0 unspecified atom stereocenters. The molecule has 30 heavy (non-hydrogen) atoms. The van der Waals surface area contributed by atoms with Crippen LogP contribution in [0.4, 0.5) is 4.79 Å². The number of likely N-dealkylation sites (tertiary alicyclic amines) is 1. The zero-order valence-electron chi connectivity index (χ0n) is 17.6. The van der Waals surface area contributed by atoms with Gasteiger partial charge in [0.15, 0.2) is 0 Å².